The fourth-order valence-corrected chi connectivity index (χ4v) is 9.25. The van der Waals surface area contributed by atoms with E-state index in [2.05, 4.69) is 6.58 Å². The number of benzene rings is 7. The molecule has 0 amide bonds. The maximum atomic E-state index is 7.12. The minimum Gasteiger partial charge on any atom is -0.374 e. The van der Waals surface area contributed by atoms with Gasteiger partial charge >= 0.3 is 0 Å². The lowest BCUT2D eigenvalue weighted by molar-refractivity contribution is -0.352. The Balaban J connectivity index is 1.06. The van der Waals surface area contributed by atoms with Crippen molar-refractivity contribution >= 4 is 0 Å². The maximum absolute atomic E-state index is 7.12. The van der Waals surface area contributed by atoms with Crippen LogP contribution in [0.4, 0.5) is 0 Å². The van der Waals surface area contributed by atoms with Gasteiger partial charge in [0.2, 0.25) is 0 Å². The molecule has 10 atom stereocenters. The zero-order chi connectivity index (χ0) is 51.1. The molecule has 2 saturated heterocycles. The highest BCUT2D eigenvalue weighted by Gasteiger charge is 2.52. The first-order valence-corrected chi connectivity index (χ1v) is 25.9. The first kappa shape index (κ1) is 53.7. The van der Waals surface area contributed by atoms with Crippen molar-refractivity contribution in [2.45, 2.75) is 108 Å². The van der Waals surface area contributed by atoms with Crippen molar-refractivity contribution in [3.8, 4) is 0 Å². The van der Waals surface area contributed by atoms with Crippen LogP contribution < -0.4 is 0 Å². The van der Waals surface area contributed by atoms with Gasteiger partial charge in [0, 0.05) is 0 Å². The molecule has 0 aromatic heterocycles. The fraction of sp³-hybridized carbons (Fsp3) is 0.312. The Labute approximate surface area is 441 Å². The first-order chi connectivity index (χ1) is 37.2. The van der Waals surface area contributed by atoms with Crippen molar-refractivity contribution < 1.29 is 52.1 Å². The van der Waals surface area contributed by atoms with Crippen LogP contribution in [0.5, 0.6) is 0 Å². The van der Waals surface area contributed by atoms with Gasteiger partial charge in [-0.2, -0.15) is 0 Å². The molecule has 0 radical (unpaired) electrons. The zero-order valence-electron chi connectivity index (χ0n) is 42.3. The molecule has 0 spiro atoms. The van der Waals surface area contributed by atoms with Gasteiger partial charge in [-0.25, -0.2) is 0 Å². The second-order valence-electron chi connectivity index (χ2n) is 18.6. The highest BCUT2D eigenvalue weighted by molar-refractivity contribution is 5.19. The summed E-state index contributed by atoms with van der Waals surface area (Å²) in [6.07, 6.45) is -6.03. The molecule has 0 aliphatic carbocycles. The largest absolute Gasteiger partial charge is 0.374 e. The minimum atomic E-state index is -1.02. The standard InChI is InChI=1S/C64H68O11/c1-2-38-66-63-61(71-44-53-34-20-8-21-35-53)60(70-43-52-32-18-7-19-33-52)58(68-41-50-28-14-5-15-29-50)56(75-63)47-73-64-62(72-45-54-36-22-9-23-37-54)59(69-42-51-30-16-6-17-31-51)57(67-40-49-26-12-4-13-27-49)55(74-64)46-65-39-48-24-10-3-11-25-48/h2-37,55-64H,1,38-47H2/t55-,56-,57-,58-,59+,60+,61+,62+,63+,64+/m1/s1. The Kier molecular flexibility index (Phi) is 20.9. The summed E-state index contributed by atoms with van der Waals surface area (Å²) < 4.78 is 75.9. The maximum Gasteiger partial charge on any atom is 0.187 e. The predicted octanol–water partition coefficient (Wildman–Crippen LogP) is 11.4. The molecule has 0 N–H and O–H groups in total. The van der Waals surface area contributed by atoms with E-state index < -0.39 is 61.4 Å². The van der Waals surface area contributed by atoms with E-state index in [9.17, 15) is 0 Å². The third-order valence-electron chi connectivity index (χ3n) is 13.1. The van der Waals surface area contributed by atoms with Crippen molar-refractivity contribution in [1.29, 1.82) is 0 Å². The van der Waals surface area contributed by atoms with Crippen LogP contribution in [-0.2, 0) is 98.4 Å². The molecule has 2 fully saturated rings. The minimum absolute atomic E-state index is 0.0294. The van der Waals surface area contributed by atoms with E-state index in [4.69, 9.17) is 52.1 Å². The summed E-state index contributed by atoms with van der Waals surface area (Å²) >= 11 is 0. The molecular formula is C64H68O11. The highest BCUT2D eigenvalue weighted by Crippen LogP contribution is 2.35. The Morgan fingerprint density at radius 3 is 0.880 bits per heavy atom. The van der Waals surface area contributed by atoms with Crippen molar-refractivity contribution in [1.82, 2.24) is 0 Å². The molecule has 390 valence electrons. The van der Waals surface area contributed by atoms with E-state index in [1.165, 1.54) is 0 Å². The highest BCUT2D eigenvalue weighted by atomic mass is 16.8. The summed E-state index contributed by atoms with van der Waals surface area (Å²) in [5, 5.41) is 0. The molecule has 9 rings (SSSR count). The quantitative estimate of drug-likeness (QED) is 0.0438. The van der Waals surface area contributed by atoms with Gasteiger partial charge in [0.15, 0.2) is 12.6 Å². The second-order valence-corrected chi connectivity index (χ2v) is 18.6. The lowest BCUT2D eigenvalue weighted by Crippen LogP contribution is -2.64. The molecule has 11 nitrogen and oxygen atoms in total. The van der Waals surface area contributed by atoms with E-state index in [1.807, 2.05) is 212 Å². The van der Waals surface area contributed by atoms with E-state index >= 15 is 0 Å². The van der Waals surface area contributed by atoms with Gasteiger partial charge < -0.3 is 52.1 Å². The molecule has 2 heterocycles. The Bertz CT molecular complexity index is 2630. The van der Waals surface area contributed by atoms with Gasteiger partial charge in [-0.3, -0.25) is 0 Å². The number of rotatable bonds is 28. The van der Waals surface area contributed by atoms with Crippen molar-refractivity contribution in [3.63, 3.8) is 0 Å². The average molecular weight is 1010 g/mol. The second kappa shape index (κ2) is 29.2. The van der Waals surface area contributed by atoms with Gasteiger partial charge in [-0.05, 0) is 38.9 Å². The van der Waals surface area contributed by atoms with E-state index in [0.717, 1.165) is 38.9 Å². The zero-order valence-corrected chi connectivity index (χ0v) is 42.3. The van der Waals surface area contributed by atoms with Crippen LogP contribution in [-0.4, -0.2) is 81.2 Å². The molecule has 75 heavy (non-hydrogen) atoms. The molecule has 11 heteroatoms. The smallest absolute Gasteiger partial charge is 0.187 e. The summed E-state index contributed by atoms with van der Waals surface area (Å²) in [6, 6.07) is 70.4. The summed E-state index contributed by atoms with van der Waals surface area (Å²) in [5.41, 5.74) is 6.96. The normalized spacial score (nSPS) is 23.6. The monoisotopic (exact) mass is 1010 g/mol. The van der Waals surface area contributed by atoms with Crippen molar-refractivity contribution in [2.75, 3.05) is 19.8 Å². The van der Waals surface area contributed by atoms with Gasteiger partial charge in [0.25, 0.3) is 0 Å². The van der Waals surface area contributed by atoms with Crippen LogP contribution in [0.3, 0.4) is 0 Å². The molecule has 0 saturated carbocycles. The first-order valence-electron chi connectivity index (χ1n) is 25.9. The topological polar surface area (TPSA) is 102 Å². The summed E-state index contributed by atoms with van der Waals surface area (Å²) in [7, 11) is 0. The van der Waals surface area contributed by atoms with Crippen molar-refractivity contribution in [2.24, 2.45) is 0 Å². The molecule has 0 bridgehead atoms. The summed E-state index contributed by atoms with van der Waals surface area (Å²) in [5.74, 6) is 0. The lowest BCUT2D eigenvalue weighted by atomic mass is 9.96. The molecule has 7 aromatic carbocycles. The number of hydrogen-bond acceptors (Lipinski definition) is 11. The van der Waals surface area contributed by atoms with Crippen LogP contribution in [0.2, 0.25) is 0 Å². The molecular weight excluding hydrogens is 945 g/mol. The average Bonchev–Trinajstić information content (AvgIpc) is 3.47. The lowest BCUT2D eigenvalue weighted by Gasteiger charge is -2.48. The van der Waals surface area contributed by atoms with Crippen LogP contribution >= 0.6 is 0 Å². The summed E-state index contributed by atoms with van der Waals surface area (Å²) in [6.45, 7) is 6.30. The van der Waals surface area contributed by atoms with Gasteiger partial charge in [-0.1, -0.05) is 218 Å². The van der Waals surface area contributed by atoms with Gasteiger partial charge in [-0.15, -0.1) is 6.58 Å². The van der Waals surface area contributed by atoms with Crippen LogP contribution in [0, 0.1) is 0 Å². The van der Waals surface area contributed by atoms with E-state index in [0.29, 0.717) is 13.2 Å². The van der Waals surface area contributed by atoms with E-state index in [-0.39, 0.29) is 52.9 Å². The third kappa shape index (κ3) is 16.2. The predicted molar refractivity (Wildman–Crippen MR) is 286 cm³/mol. The van der Waals surface area contributed by atoms with Crippen LogP contribution in [0.1, 0.15) is 38.9 Å². The SMILES string of the molecule is C=CCO[C@H]1O[C@H](CO[C@H]2O[C@H](COCc3ccccc3)[C@@H](OCc3ccccc3)[C@H](OCc3ccccc3)[C@@H]2OCc2ccccc2)[C@@H](OCc2ccccc2)[C@H](OCc2ccccc2)[C@@H]1OCc1ccccc1. The van der Waals surface area contributed by atoms with Crippen LogP contribution in [0.25, 0.3) is 0 Å². The molecule has 7 aromatic rings. The summed E-state index contributed by atoms with van der Waals surface area (Å²) in [4.78, 5) is 0. The Morgan fingerprint density at radius 2 is 0.560 bits per heavy atom. The van der Waals surface area contributed by atoms with Crippen molar-refractivity contribution in [3.05, 3.63) is 264 Å². The Morgan fingerprint density at radius 1 is 0.293 bits per heavy atom. The van der Waals surface area contributed by atoms with Gasteiger partial charge in [0.1, 0.15) is 48.8 Å². The molecule has 2 aliphatic rings. The van der Waals surface area contributed by atoms with Crippen LogP contribution in [0.15, 0.2) is 225 Å². The third-order valence-corrected chi connectivity index (χ3v) is 13.1. The number of hydrogen-bond donors (Lipinski definition) is 0. The Hall–Kier alpha value is -6.16. The fourth-order valence-electron chi connectivity index (χ4n) is 9.25. The molecule has 2 aliphatic heterocycles. The molecule has 0 unspecified atom stereocenters. The van der Waals surface area contributed by atoms with E-state index in [1.54, 1.807) is 6.08 Å². The van der Waals surface area contributed by atoms with Gasteiger partial charge in [0.05, 0.1) is 66.1 Å². The number of ether oxygens (including phenoxy) is 11.